The van der Waals surface area contributed by atoms with Crippen molar-refractivity contribution in [3.05, 3.63) is 66.1 Å². The molecular formula is C21H21N3O5. The summed E-state index contributed by atoms with van der Waals surface area (Å²) in [7, 11) is 0. The molecule has 0 spiro atoms. The van der Waals surface area contributed by atoms with Crippen LogP contribution >= 0.6 is 0 Å². The molecule has 1 amide bonds. The Morgan fingerprint density at radius 2 is 1.79 bits per heavy atom. The Balaban J connectivity index is 1.54. The van der Waals surface area contributed by atoms with Crippen LogP contribution in [0.5, 0.6) is 5.75 Å². The Morgan fingerprint density at radius 1 is 1.07 bits per heavy atom. The lowest BCUT2D eigenvalue weighted by Gasteiger charge is -2.12. The van der Waals surface area contributed by atoms with Crippen molar-refractivity contribution < 1.29 is 23.5 Å². The number of benzene rings is 2. The molecule has 0 unspecified atom stereocenters. The van der Waals surface area contributed by atoms with Gasteiger partial charge in [0.15, 0.2) is 6.10 Å². The number of nitrogens with zero attached hydrogens (tertiary/aromatic N) is 2. The Hall–Kier alpha value is -3.68. The quantitative estimate of drug-likeness (QED) is 0.584. The first-order chi connectivity index (χ1) is 14.1. The van der Waals surface area contributed by atoms with Crippen molar-refractivity contribution in [2.24, 2.45) is 0 Å². The second-order valence-electron chi connectivity index (χ2n) is 6.06. The zero-order valence-corrected chi connectivity index (χ0v) is 16.1. The van der Waals surface area contributed by atoms with Gasteiger partial charge < -0.3 is 19.2 Å². The van der Waals surface area contributed by atoms with E-state index in [1.165, 1.54) is 0 Å². The lowest BCUT2D eigenvalue weighted by atomic mass is 10.2. The van der Waals surface area contributed by atoms with Gasteiger partial charge in [-0.25, -0.2) is 0 Å². The van der Waals surface area contributed by atoms with Crippen molar-refractivity contribution in [2.75, 3.05) is 13.2 Å². The summed E-state index contributed by atoms with van der Waals surface area (Å²) in [6, 6.07) is 16.1. The minimum atomic E-state index is -0.750. The normalized spacial score (nSPS) is 11.5. The number of hydrogen-bond acceptors (Lipinski definition) is 7. The average molecular weight is 395 g/mol. The van der Waals surface area contributed by atoms with Gasteiger partial charge in [-0.2, -0.15) is 0 Å². The Kier molecular flexibility index (Phi) is 6.57. The van der Waals surface area contributed by atoms with Gasteiger partial charge in [0.1, 0.15) is 12.3 Å². The molecule has 1 heterocycles. The van der Waals surface area contributed by atoms with Crippen LogP contribution in [-0.4, -0.2) is 35.2 Å². The van der Waals surface area contributed by atoms with Crippen LogP contribution in [-0.2, 0) is 9.53 Å². The summed E-state index contributed by atoms with van der Waals surface area (Å²) in [6.45, 7) is 3.57. The summed E-state index contributed by atoms with van der Waals surface area (Å²) < 4.78 is 16.3. The molecule has 150 valence electrons. The first-order valence-corrected chi connectivity index (χ1v) is 9.16. The number of hydrogen-bond donors (Lipinski definition) is 1. The van der Waals surface area contributed by atoms with Crippen LogP contribution in [0.15, 0.2) is 59.0 Å². The van der Waals surface area contributed by atoms with Crippen LogP contribution in [0.25, 0.3) is 11.5 Å². The molecule has 2 aromatic carbocycles. The number of amides is 1. The van der Waals surface area contributed by atoms with Crippen LogP contribution in [0, 0.1) is 0 Å². The topological polar surface area (TPSA) is 104 Å². The Bertz CT molecular complexity index is 971. The summed E-state index contributed by atoms with van der Waals surface area (Å²) in [5, 5.41) is 10.4. The highest BCUT2D eigenvalue weighted by Gasteiger charge is 2.20. The van der Waals surface area contributed by atoms with E-state index in [2.05, 4.69) is 15.5 Å². The van der Waals surface area contributed by atoms with Crippen molar-refractivity contribution in [1.82, 2.24) is 15.5 Å². The first kappa shape index (κ1) is 20.1. The summed E-state index contributed by atoms with van der Waals surface area (Å²) in [5.74, 6) is -0.0925. The van der Waals surface area contributed by atoms with E-state index < -0.39 is 18.0 Å². The van der Waals surface area contributed by atoms with Crippen LogP contribution in [0.1, 0.15) is 36.2 Å². The lowest BCUT2D eigenvalue weighted by Crippen LogP contribution is -2.31. The molecule has 0 saturated heterocycles. The summed E-state index contributed by atoms with van der Waals surface area (Å²) in [6.07, 6.45) is -0.750. The number of esters is 1. The molecule has 29 heavy (non-hydrogen) atoms. The second kappa shape index (κ2) is 9.50. The molecule has 0 saturated carbocycles. The van der Waals surface area contributed by atoms with E-state index in [-0.39, 0.29) is 12.4 Å². The van der Waals surface area contributed by atoms with E-state index in [0.717, 1.165) is 5.56 Å². The van der Waals surface area contributed by atoms with E-state index in [4.69, 9.17) is 13.9 Å². The number of para-hydroxylation sites is 1. The van der Waals surface area contributed by atoms with Gasteiger partial charge in [0.25, 0.3) is 11.8 Å². The molecule has 0 fully saturated rings. The maximum atomic E-state index is 12.3. The molecule has 0 aliphatic carbocycles. The standard InChI is InChI=1S/C21H21N3O5/c1-3-27-17-12-8-7-11-16(17)19(26)22-13-18(25)28-14(2)20-23-24-21(29-20)15-9-5-4-6-10-15/h4-12,14H,3,13H2,1-2H3,(H,22,26)/t14-/m0/s1. The molecule has 0 radical (unpaired) electrons. The summed E-state index contributed by atoms with van der Waals surface area (Å²) >= 11 is 0. The Labute approximate surface area is 167 Å². The van der Waals surface area contributed by atoms with Crippen LogP contribution in [0.2, 0.25) is 0 Å². The van der Waals surface area contributed by atoms with Crippen molar-refractivity contribution in [3.63, 3.8) is 0 Å². The fourth-order valence-corrected chi connectivity index (χ4v) is 2.57. The van der Waals surface area contributed by atoms with Gasteiger partial charge in [0.2, 0.25) is 5.89 Å². The van der Waals surface area contributed by atoms with Crippen molar-refractivity contribution in [2.45, 2.75) is 20.0 Å². The van der Waals surface area contributed by atoms with E-state index in [1.54, 1.807) is 31.2 Å². The number of carbonyl (C=O) groups is 2. The van der Waals surface area contributed by atoms with Crippen molar-refractivity contribution in [3.8, 4) is 17.2 Å². The fourth-order valence-electron chi connectivity index (χ4n) is 2.57. The van der Waals surface area contributed by atoms with Gasteiger partial charge in [-0.05, 0) is 38.1 Å². The Morgan fingerprint density at radius 3 is 2.55 bits per heavy atom. The van der Waals surface area contributed by atoms with Gasteiger partial charge in [-0.15, -0.1) is 10.2 Å². The maximum Gasteiger partial charge on any atom is 0.326 e. The maximum absolute atomic E-state index is 12.3. The van der Waals surface area contributed by atoms with Crippen LogP contribution in [0.3, 0.4) is 0 Å². The number of nitrogens with one attached hydrogen (secondary N) is 1. The van der Waals surface area contributed by atoms with E-state index in [1.807, 2.05) is 37.3 Å². The zero-order chi connectivity index (χ0) is 20.6. The highest BCUT2D eigenvalue weighted by Crippen LogP contribution is 2.22. The minimum Gasteiger partial charge on any atom is -0.493 e. The molecule has 8 nitrogen and oxygen atoms in total. The number of carbonyl (C=O) groups excluding carboxylic acids is 2. The summed E-state index contributed by atoms with van der Waals surface area (Å²) in [4.78, 5) is 24.4. The molecule has 0 aliphatic heterocycles. The van der Waals surface area contributed by atoms with Gasteiger partial charge in [0.05, 0.1) is 12.2 Å². The van der Waals surface area contributed by atoms with Gasteiger partial charge in [-0.1, -0.05) is 30.3 Å². The number of ether oxygens (including phenoxy) is 2. The monoisotopic (exact) mass is 395 g/mol. The van der Waals surface area contributed by atoms with Gasteiger partial charge >= 0.3 is 5.97 Å². The first-order valence-electron chi connectivity index (χ1n) is 9.16. The molecule has 3 aromatic rings. The third-order valence-corrected chi connectivity index (χ3v) is 3.94. The third kappa shape index (κ3) is 5.19. The molecule has 1 aromatic heterocycles. The van der Waals surface area contributed by atoms with E-state index in [9.17, 15) is 9.59 Å². The largest absolute Gasteiger partial charge is 0.493 e. The molecule has 1 atom stereocenters. The fraction of sp³-hybridized carbons (Fsp3) is 0.238. The molecule has 3 rings (SSSR count). The lowest BCUT2D eigenvalue weighted by molar-refractivity contribution is -0.148. The highest BCUT2D eigenvalue weighted by molar-refractivity contribution is 5.98. The number of rotatable bonds is 8. The molecule has 0 aliphatic rings. The van der Waals surface area contributed by atoms with E-state index >= 15 is 0 Å². The second-order valence-corrected chi connectivity index (χ2v) is 6.06. The summed E-state index contributed by atoms with van der Waals surface area (Å²) in [5.41, 5.74) is 1.12. The molecular weight excluding hydrogens is 374 g/mol. The minimum absolute atomic E-state index is 0.172. The van der Waals surface area contributed by atoms with Gasteiger partial charge in [0, 0.05) is 5.56 Å². The van der Waals surface area contributed by atoms with Gasteiger partial charge in [-0.3, -0.25) is 9.59 Å². The predicted octanol–water partition coefficient (Wildman–Crippen LogP) is 3.17. The highest BCUT2D eigenvalue weighted by atomic mass is 16.6. The smallest absolute Gasteiger partial charge is 0.326 e. The molecule has 8 heteroatoms. The third-order valence-electron chi connectivity index (χ3n) is 3.94. The van der Waals surface area contributed by atoms with Crippen molar-refractivity contribution in [1.29, 1.82) is 0 Å². The predicted molar refractivity (Wildman–Crippen MR) is 104 cm³/mol. The molecule has 1 N–H and O–H groups in total. The average Bonchev–Trinajstić information content (AvgIpc) is 3.24. The molecule has 0 bridgehead atoms. The van der Waals surface area contributed by atoms with Crippen LogP contribution in [0.4, 0.5) is 0 Å². The van der Waals surface area contributed by atoms with E-state index in [0.29, 0.717) is 23.8 Å². The van der Waals surface area contributed by atoms with Crippen molar-refractivity contribution >= 4 is 11.9 Å². The van der Waals surface area contributed by atoms with Crippen LogP contribution < -0.4 is 10.1 Å². The SMILES string of the molecule is CCOc1ccccc1C(=O)NCC(=O)O[C@@H](C)c1nnc(-c2ccccc2)o1. The zero-order valence-electron chi connectivity index (χ0n) is 16.1. The number of aromatic nitrogens is 2.